The first-order valence-electron chi connectivity index (χ1n) is 7.89. The third-order valence-electron chi connectivity index (χ3n) is 3.51. The Morgan fingerprint density at radius 1 is 1.04 bits per heavy atom. The van der Waals surface area contributed by atoms with Crippen LogP contribution < -0.4 is 4.74 Å². The molecule has 24 heavy (non-hydrogen) atoms. The van der Waals surface area contributed by atoms with E-state index in [1.165, 1.54) is 0 Å². The molecule has 0 aliphatic rings. The maximum Gasteiger partial charge on any atom is 0.338 e. The summed E-state index contributed by atoms with van der Waals surface area (Å²) in [5.41, 5.74) is 2.53. The van der Waals surface area contributed by atoms with Gasteiger partial charge in [-0.15, -0.1) is 0 Å². The van der Waals surface area contributed by atoms with Gasteiger partial charge in [0, 0.05) is 17.6 Å². The lowest BCUT2D eigenvalue weighted by Gasteiger charge is -2.10. The SMILES string of the molecule is CCOC(=O)c1ccnc(-c2cc(OCC)c3ccccc3n2)c1. The smallest absolute Gasteiger partial charge is 0.338 e. The fourth-order valence-corrected chi connectivity index (χ4v) is 2.46. The average Bonchev–Trinajstić information content (AvgIpc) is 2.62. The van der Waals surface area contributed by atoms with Crippen molar-refractivity contribution in [2.24, 2.45) is 0 Å². The molecule has 0 bridgehead atoms. The van der Waals surface area contributed by atoms with E-state index in [0.29, 0.717) is 30.2 Å². The molecule has 0 radical (unpaired) electrons. The van der Waals surface area contributed by atoms with Gasteiger partial charge in [0.2, 0.25) is 0 Å². The number of hydrogen-bond donors (Lipinski definition) is 0. The van der Waals surface area contributed by atoms with E-state index in [2.05, 4.69) is 9.97 Å². The molecule has 0 N–H and O–H groups in total. The number of carbonyl (C=O) groups is 1. The second-order valence-corrected chi connectivity index (χ2v) is 5.11. The number of carbonyl (C=O) groups excluding carboxylic acids is 1. The third kappa shape index (κ3) is 3.20. The second-order valence-electron chi connectivity index (χ2n) is 5.11. The van der Waals surface area contributed by atoms with Gasteiger partial charge in [-0.05, 0) is 38.1 Å². The quantitative estimate of drug-likeness (QED) is 0.667. The molecule has 3 aromatic rings. The van der Waals surface area contributed by atoms with Gasteiger partial charge in [0.05, 0.1) is 35.7 Å². The number of benzene rings is 1. The summed E-state index contributed by atoms with van der Waals surface area (Å²) in [6, 6.07) is 12.9. The number of fused-ring (bicyclic) bond motifs is 1. The van der Waals surface area contributed by atoms with Crippen LogP contribution in [0.1, 0.15) is 24.2 Å². The van der Waals surface area contributed by atoms with Crippen LogP contribution in [0.25, 0.3) is 22.3 Å². The number of ether oxygens (including phenoxy) is 2. The molecule has 0 saturated heterocycles. The van der Waals surface area contributed by atoms with Crippen LogP contribution in [0.3, 0.4) is 0 Å². The van der Waals surface area contributed by atoms with Crippen LogP contribution in [-0.4, -0.2) is 29.2 Å². The Labute approximate surface area is 140 Å². The van der Waals surface area contributed by atoms with Crippen LogP contribution in [0.2, 0.25) is 0 Å². The van der Waals surface area contributed by atoms with Gasteiger partial charge in [0.15, 0.2) is 0 Å². The van der Waals surface area contributed by atoms with Crippen molar-refractivity contribution in [1.29, 1.82) is 0 Å². The Morgan fingerprint density at radius 3 is 2.67 bits per heavy atom. The first-order valence-corrected chi connectivity index (χ1v) is 7.89. The number of para-hydroxylation sites is 1. The number of pyridine rings is 2. The lowest BCUT2D eigenvalue weighted by Crippen LogP contribution is -2.05. The fourth-order valence-electron chi connectivity index (χ4n) is 2.46. The third-order valence-corrected chi connectivity index (χ3v) is 3.51. The van der Waals surface area contributed by atoms with Gasteiger partial charge in [-0.3, -0.25) is 4.98 Å². The van der Waals surface area contributed by atoms with Crippen LogP contribution in [0, 0.1) is 0 Å². The first kappa shape index (κ1) is 15.9. The van der Waals surface area contributed by atoms with E-state index in [-0.39, 0.29) is 5.97 Å². The van der Waals surface area contributed by atoms with Crippen molar-refractivity contribution in [3.05, 3.63) is 54.2 Å². The Morgan fingerprint density at radius 2 is 1.88 bits per heavy atom. The maximum atomic E-state index is 11.9. The largest absolute Gasteiger partial charge is 0.493 e. The number of aromatic nitrogens is 2. The molecule has 2 heterocycles. The molecule has 3 rings (SSSR count). The van der Waals surface area contributed by atoms with Crippen molar-refractivity contribution < 1.29 is 14.3 Å². The van der Waals surface area contributed by atoms with Gasteiger partial charge in [-0.25, -0.2) is 9.78 Å². The molecule has 0 aliphatic heterocycles. The molecule has 0 unspecified atom stereocenters. The van der Waals surface area contributed by atoms with Crippen molar-refractivity contribution in [3.8, 4) is 17.1 Å². The molecule has 1 aromatic carbocycles. The molecule has 122 valence electrons. The summed E-state index contributed by atoms with van der Waals surface area (Å²) in [5.74, 6) is 0.383. The van der Waals surface area contributed by atoms with E-state index in [0.717, 1.165) is 16.7 Å². The van der Waals surface area contributed by atoms with Gasteiger partial charge >= 0.3 is 5.97 Å². The molecule has 5 nitrogen and oxygen atoms in total. The van der Waals surface area contributed by atoms with Gasteiger partial charge in [0.1, 0.15) is 5.75 Å². The summed E-state index contributed by atoms with van der Waals surface area (Å²) in [7, 11) is 0. The zero-order chi connectivity index (χ0) is 16.9. The van der Waals surface area contributed by atoms with E-state index < -0.39 is 0 Å². The predicted octanol–water partition coefficient (Wildman–Crippen LogP) is 3.87. The topological polar surface area (TPSA) is 61.3 Å². The minimum absolute atomic E-state index is 0.333. The van der Waals surface area contributed by atoms with Gasteiger partial charge in [0.25, 0.3) is 0 Å². The Kier molecular flexibility index (Phi) is 4.70. The highest BCUT2D eigenvalue weighted by atomic mass is 16.5. The van der Waals surface area contributed by atoms with Crippen molar-refractivity contribution in [1.82, 2.24) is 9.97 Å². The molecule has 0 fully saturated rings. The van der Waals surface area contributed by atoms with Gasteiger partial charge < -0.3 is 9.47 Å². The summed E-state index contributed by atoms with van der Waals surface area (Å²) in [4.78, 5) is 20.9. The highest BCUT2D eigenvalue weighted by Crippen LogP contribution is 2.29. The minimum atomic E-state index is -0.369. The molecule has 5 heteroatoms. The van der Waals surface area contributed by atoms with Crippen LogP contribution in [-0.2, 0) is 4.74 Å². The van der Waals surface area contributed by atoms with Crippen LogP contribution in [0.15, 0.2) is 48.7 Å². The Hall–Kier alpha value is -2.95. The molecular weight excluding hydrogens is 304 g/mol. The van der Waals surface area contributed by atoms with Crippen molar-refractivity contribution in [3.63, 3.8) is 0 Å². The summed E-state index contributed by atoms with van der Waals surface area (Å²) in [5, 5.41) is 0.949. The number of esters is 1. The fraction of sp³-hybridized carbons (Fsp3) is 0.211. The normalized spacial score (nSPS) is 10.6. The molecular formula is C19H18N2O3. The summed E-state index contributed by atoms with van der Waals surface area (Å²) in [6.45, 7) is 4.61. The van der Waals surface area contributed by atoms with E-state index in [4.69, 9.17) is 9.47 Å². The van der Waals surface area contributed by atoms with Crippen molar-refractivity contribution in [2.75, 3.05) is 13.2 Å². The van der Waals surface area contributed by atoms with Gasteiger partial charge in [-0.2, -0.15) is 0 Å². The van der Waals surface area contributed by atoms with Crippen LogP contribution in [0.4, 0.5) is 0 Å². The van der Waals surface area contributed by atoms with Crippen LogP contribution >= 0.6 is 0 Å². The molecule has 0 spiro atoms. The lowest BCUT2D eigenvalue weighted by atomic mass is 10.1. The highest BCUT2D eigenvalue weighted by Gasteiger charge is 2.12. The number of rotatable bonds is 5. The van der Waals surface area contributed by atoms with Gasteiger partial charge in [-0.1, -0.05) is 12.1 Å². The molecule has 0 atom stereocenters. The maximum absolute atomic E-state index is 11.9. The van der Waals surface area contributed by atoms with Crippen molar-refractivity contribution in [2.45, 2.75) is 13.8 Å². The molecule has 0 saturated carbocycles. The molecule has 0 aliphatic carbocycles. The standard InChI is InChI=1S/C19H18N2O3/c1-3-23-18-12-17(21-15-8-6-5-7-14(15)18)16-11-13(9-10-20-16)19(22)24-4-2/h5-12H,3-4H2,1-2H3. The number of nitrogens with zero attached hydrogens (tertiary/aromatic N) is 2. The molecule has 2 aromatic heterocycles. The van der Waals surface area contributed by atoms with Crippen LogP contribution in [0.5, 0.6) is 5.75 Å². The Bertz CT molecular complexity index is 877. The zero-order valence-corrected chi connectivity index (χ0v) is 13.7. The monoisotopic (exact) mass is 322 g/mol. The summed E-state index contributed by atoms with van der Waals surface area (Å²) >= 11 is 0. The van der Waals surface area contributed by atoms with Crippen molar-refractivity contribution >= 4 is 16.9 Å². The lowest BCUT2D eigenvalue weighted by molar-refractivity contribution is 0.0526. The Balaban J connectivity index is 2.09. The van der Waals surface area contributed by atoms with E-state index in [9.17, 15) is 4.79 Å². The van der Waals surface area contributed by atoms with E-state index in [1.807, 2.05) is 37.3 Å². The predicted molar refractivity (Wildman–Crippen MR) is 92.1 cm³/mol. The van der Waals surface area contributed by atoms with E-state index in [1.54, 1.807) is 25.3 Å². The summed E-state index contributed by atoms with van der Waals surface area (Å²) in [6.07, 6.45) is 1.58. The minimum Gasteiger partial charge on any atom is -0.493 e. The second kappa shape index (κ2) is 7.08. The van der Waals surface area contributed by atoms with E-state index >= 15 is 0 Å². The number of hydrogen-bond acceptors (Lipinski definition) is 5. The summed E-state index contributed by atoms with van der Waals surface area (Å²) < 4.78 is 10.8. The molecule has 0 amide bonds. The highest BCUT2D eigenvalue weighted by molar-refractivity contribution is 5.91. The first-order chi connectivity index (χ1) is 11.7. The average molecular weight is 322 g/mol. The zero-order valence-electron chi connectivity index (χ0n) is 13.7.